The first-order chi connectivity index (χ1) is 6.18. The summed E-state index contributed by atoms with van der Waals surface area (Å²) in [5.41, 5.74) is 0. The highest BCUT2D eigenvalue weighted by Gasteiger charge is 2.15. The maximum Gasteiger partial charge on any atom is 0.0147 e. The van der Waals surface area contributed by atoms with Crippen molar-refractivity contribution in [1.82, 2.24) is 10.2 Å². The molecule has 1 rings (SSSR count). The van der Waals surface area contributed by atoms with Crippen molar-refractivity contribution in [2.45, 2.75) is 32.1 Å². The molecule has 0 aromatic carbocycles. The van der Waals surface area contributed by atoms with E-state index in [1.54, 1.807) is 0 Å². The number of thioether (sulfide) groups is 1. The van der Waals surface area contributed by atoms with E-state index in [-0.39, 0.29) is 0 Å². The molecule has 0 amide bonds. The predicted molar refractivity (Wildman–Crippen MR) is 61.5 cm³/mol. The van der Waals surface area contributed by atoms with Crippen LogP contribution in [-0.2, 0) is 0 Å². The van der Waals surface area contributed by atoms with Crippen LogP contribution >= 0.6 is 11.8 Å². The van der Waals surface area contributed by atoms with Crippen LogP contribution in [0.2, 0.25) is 0 Å². The molecule has 1 unspecified atom stereocenters. The fourth-order valence-electron chi connectivity index (χ4n) is 1.61. The van der Waals surface area contributed by atoms with Crippen LogP contribution in [0.1, 0.15) is 20.8 Å². The molecule has 0 saturated carbocycles. The third kappa shape index (κ3) is 4.89. The maximum absolute atomic E-state index is 3.46. The van der Waals surface area contributed by atoms with E-state index in [0.717, 1.165) is 11.8 Å². The minimum absolute atomic E-state index is 0.622. The van der Waals surface area contributed by atoms with Crippen molar-refractivity contribution in [3.8, 4) is 0 Å². The summed E-state index contributed by atoms with van der Waals surface area (Å²) in [7, 11) is 0. The van der Waals surface area contributed by atoms with Crippen molar-refractivity contribution < 1.29 is 0 Å². The Balaban J connectivity index is 2.06. The highest BCUT2D eigenvalue weighted by Crippen LogP contribution is 2.16. The lowest BCUT2D eigenvalue weighted by molar-refractivity contribution is 0.282. The zero-order valence-electron chi connectivity index (χ0n) is 9.05. The average molecular weight is 202 g/mol. The zero-order valence-corrected chi connectivity index (χ0v) is 9.86. The van der Waals surface area contributed by atoms with Gasteiger partial charge >= 0.3 is 0 Å². The minimum atomic E-state index is 0.622. The summed E-state index contributed by atoms with van der Waals surface area (Å²) in [4.78, 5) is 2.57. The normalized spacial score (nSPS) is 25.4. The Morgan fingerprint density at radius 3 is 2.92 bits per heavy atom. The molecule has 1 N–H and O–H groups in total. The Morgan fingerprint density at radius 2 is 2.31 bits per heavy atom. The van der Waals surface area contributed by atoms with E-state index >= 15 is 0 Å². The molecule has 0 bridgehead atoms. The van der Waals surface area contributed by atoms with Gasteiger partial charge < -0.3 is 10.2 Å². The van der Waals surface area contributed by atoms with Crippen molar-refractivity contribution >= 4 is 11.8 Å². The summed E-state index contributed by atoms with van der Waals surface area (Å²) in [6, 6.07) is 0.622. The third-order valence-corrected chi connectivity index (χ3v) is 3.44. The molecule has 0 radical (unpaired) electrons. The monoisotopic (exact) mass is 202 g/mol. The van der Waals surface area contributed by atoms with E-state index in [4.69, 9.17) is 0 Å². The molecule has 0 aromatic heterocycles. The molecule has 1 saturated heterocycles. The van der Waals surface area contributed by atoms with Crippen LogP contribution < -0.4 is 5.32 Å². The summed E-state index contributed by atoms with van der Waals surface area (Å²) in [5.74, 6) is 1.31. The van der Waals surface area contributed by atoms with Crippen LogP contribution in [0.5, 0.6) is 0 Å². The van der Waals surface area contributed by atoms with Gasteiger partial charge in [-0.2, -0.15) is 11.8 Å². The van der Waals surface area contributed by atoms with Gasteiger partial charge in [-0.3, -0.25) is 0 Å². The van der Waals surface area contributed by atoms with Crippen LogP contribution in [-0.4, -0.2) is 48.1 Å². The number of nitrogens with zero attached hydrogens (tertiary/aromatic N) is 1. The van der Waals surface area contributed by atoms with Gasteiger partial charge in [0.2, 0.25) is 0 Å². The Labute approximate surface area is 86.5 Å². The van der Waals surface area contributed by atoms with Crippen LogP contribution in [0.3, 0.4) is 0 Å². The van der Waals surface area contributed by atoms with Gasteiger partial charge in [-0.05, 0) is 0 Å². The molecule has 1 aliphatic heterocycles. The molecule has 1 aliphatic rings. The van der Waals surface area contributed by atoms with Gasteiger partial charge in [-0.15, -0.1) is 0 Å². The lowest BCUT2D eigenvalue weighted by Crippen LogP contribution is -2.41. The molecule has 13 heavy (non-hydrogen) atoms. The minimum Gasteiger partial charge on any atom is -0.313 e. The standard InChI is InChI=1S/C10H22N2S/c1-9(2)11-4-5-12-6-7-13-10(3)8-12/h9-11H,4-8H2,1-3H3. The molecule has 1 heterocycles. The van der Waals surface area contributed by atoms with Gasteiger partial charge in [0.25, 0.3) is 0 Å². The Bertz CT molecular complexity index is 139. The number of hydrogen-bond donors (Lipinski definition) is 1. The van der Waals surface area contributed by atoms with Crippen LogP contribution in [0, 0.1) is 0 Å². The largest absolute Gasteiger partial charge is 0.313 e. The molecule has 0 aliphatic carbocycles. The summed E-state index contributed by atoms with van der Waals surface area (Å²) in [6.45, 7) is 11.6. The van der Waals surface area contributed by atoms with E-state index < -0.39 is 0 Å². The molecule has 2 nitrogen and oxygen atoms in total. The number of nitrogens with one attached hydrogen (secondary N) is 1. The molecule has 1 atom stereocenters. The fourth-order valence-corrected chi connectivity index (χ4v) is 2.69. The van der Waals surface area contributed by atoms with E-state index in [0.29, 0.717) is 6.04 Å². The van der Waals surface area contributed by atoms with Gasteiger partial charge in [-0.25, -0.2) is 0 Å². The van der Waals surface area contributed by atoms with Gasteiger partial charge in [0, 0.05) is 43.2 Å². The number of hydrogen-bond acceptors (Lipinski definition) is 3. The van der Waals surface area contributed by atoms with Crippen molar-refractivity contribution in [2.24, 2.45) is 0 Å². The van der Waals surface area contributed by atoms with Gasteiger partial charge in [0.1, 0.15) is 0 Å². The van der Waals surface area contributed by atoms with Crippen LogP contribution in [0.4, 0.5) is 0 Å². The molecule has 78 valence electrons. The highest BCUT2D eigenvalue weighted by molar-refractivity contribution is 7.99. The molecular weight excluding hydrogens is 180 g/mol. The van der Waals surface area contributed by atoms with Crippen molar-refractivity contribution in [2.75, 3.05) is 31.9 Å². The second-order valence-corrected chi connectivity index (χ2v) is 5.64. The third-order valence-electron chi connectivity index (χ3n) is 2.31. The van der Waals surface area contributed by atoms with E-state index in [1.165, 1.54) is 25.4 Å². The summed E-state index contributed by atoms with van der Waals surface area (Å²) >= 11 is 2.10. The molecule has 3 heteroatoms. The SMILES string of the molecule is CC(C)NCCN1CCSC(C)C1. The van der Waals surface area contributed by atoms with Crippen molar-refractivity contribution in [3.05, 3.63) is 0 Å². The molecular formula is C10H22N2S. The summed E-state index contributed by atoms with van der Waals surface area (Å²) in [5, 5.41) is 4.29. The first-order valence-electron chi connectivity index (χ1n) is 5.26. The van der Waals surface area contributed by atoms with E-state index in [2.05, 4.69) is 42.7 Å². The first-order valence-corrected chi connectivity index (χ1v) is 6.30. The highest BCUT2D eigenvalue weighted by atomic mass is 32.2. The Kier molecular flexibility index (Phi) is 5.14. The first kappa shape index (κ1) is 11.3. The smallest absolute Gasteiger partial charge is 0.0147 e. The fraction of sp³-hybridized carbons (Fsp3) is 1.00. The second-order valence-electron chi connectivity index (χ2n) is 4.09. The molecule has 0 spiro atoms. The summed E-state index contributed by atoms with van der Waals surface area (Å²) < 4.78 is 0. The Morgan fingerprint density at radius 1 is 1.54 bits per heavy atom. The van der Waals surface area contributed by atoms with Gasteiger partial charge in [0.15, 0.2) is 0 Å². The predicted octanol–water partition coefficient (Wildman–Crippen LogP) is 1.42. The Hall–Kier alpha value is 0.270. The summed E-state index contributed by atoms with van der Waals surface area (Å²) in [6.07, 6.45) is 0. The quantitative estimate of drug-likeness (QED) is 0.742. The lowest BCUT2D eigenvalue weighted by atomic mass is 10.3. The topological polar surface area (TPSA) is 15.3 Å². The van der Waals surface area contributed by atoms with Gasteiger partial charge in [-0.1, -0.05) is 20.8 Å². The molecule has 1 fully saturated rings. The second kappa shape index (κ2) is 5.89. The molecule has 0 aromatic rings. The lowest BCUT2D eigenvalue weighted by Gasteiger charge is -2.30. The van der Waals surface area contributed by atoms with E-state index in [1.807, 2.05) is 0 Å². The average Bonchev–Trinajstić information content (AvgIpc) is 2.03. The number of rotatable bonds is 4. The van der Waals surface area contributed by atoms with E-state index in [9.17, 15) is 0 Å². The maximum atomic E-state index is 3.46. The van der Waals surface area contributed by atoms with Crippen molar-refractivity contribution in [3.63, 3.8) is 0 Å². The zero-order chi connectivity index (χ0) is 9.68. The van der Waals surface area contributed by atoms with Crippen LogP contribution in [0.15, 0.2) is 0 Å². The van der Waals surface area contributed by atoms with Crippen molar-refractivity contribution in [1.29, 1.82) is 0 Å². The van der Waals surface area contributed by atoms with Gasteiger partial charge in [0.05, 0.1) is 0 Å². The van der Waals surface area contributed by atoms with Crippen LogP contribution in [0.25, 0.3) is 0 Å².